The van der Waals surface area contributed by atoms with E-state index in [4.69, 9.17) is 9.47 Å². The van der Waals surface area contributed by atoms with Gasteiger partial charge in [0.1, 0.15) is 11.5 Å². The van der Waals surface area contributed by atoms with Crippen LogP contribution in [0.4, 0.5) is 5.69 Å². The summed E-state index contributed by atoms with van der Waals surface area (Å²) >= 11 is 0. The van der Waals surface area contributed by atoms with Crippen LogP contribution >= 0.6 is 0 Å². The van der Waals surface area contributed by atoms with Gasteiger partial charge in [-0.3, -0.25) is 4.79 Å². The maximum Gasteiger partial charge on any atom is 0.349 e. The quantitative estimate of drug-likeness (QED) is 0.456. The van der Waals surface area contributed by atoms with Crippen LogP contribution in [0, 0.1) is 27.7 Å². The van der Waals surface area contributed by atoms with Crippen molar-refractivity contribution in [2.45, 2.75) is 27.7 Å². The number of carbonyl (C=O) groups is 2. The van der Waals surface area contributed by atoms with Crippen LogP contribution in [-0.4, -0.2) is 18.5 Å². The van der Waals surface area contributed by atoms with Gasteiger partial charge in [-0.1, -0.05) is 29.8 Å². The summed E-state index contributed by atoms with van der Waals surface area (Å²) in [6.07, 6.45) is 0. The number of carbonyl (C=O) groups excluding carboxylic acids is 2. The van der Waals surface area contributed by atoms with E-state index in [9.17, 15) is 9.59 Å². The summed E-state index contributed by atoms with van der Waals surface area (Å²) in [5, 5.41) is 2.90. The molecule has 1 N–H and O–H groups in total. The fourth-order valence-corrected chi connectivity index (χ4v) is 2.98. The number of hydrogen-bond acceptors (Lipinski definition) is 4. The van der Waals surface area contributed by atoms with E-state index >= 15 is 0 Å². The second kappa shape index (κ2) is 9.27. The van der Waals surface area contributed by atoms with Crippen molar-refractivity contribution in [3.8, 4) is 11.5 Å². The van der Waals surface area contributed by atoms with Gasteiger partial charge in [-0.15, -0.1) is 0 Å². The van der Waals surface area contributed by atoms with E-state index < -0.39 is 5.97 Å². The van der Waals surface area contributed by atoms with Crippen molar-refractivity contribution in [1.82, 2.24) is 0 Å². The van der Waals surface area contributed by atoms with Crippen molar-refractivity contribution >= 4 is 17.6 Å². The average Bonchev–Trinajstić information content (AvgIpc) is 2.71. The third-order valence-corrected chi connectivity index (χ3v) is 4.67. The standard InChI is InChI=1S/C25H25NO4/c1-16-6-12-22(19(4)13-16)26-25(28)20-8-10-21(11-9-20)30-24(27)15-29-23-14-17(2)5-7-18(23)3/h5-14H,15H2,1-4H3,(H,26,28). The first kappa shape index (κ1) is 21.1. The largest absolute Gasteiger partial charge is 0.482 e. The fourth-order valence-electron chi connectivity index (χ4n) is 2.98. The molecule has 0 aliphatic rings. The number of esters is 1. The molecule has 0 fully saturated rings. The van der Waals surface area contributed by atoms with Gasteiger partial charge in [-0.25, -0.2) is 4.79 Å². The Morgan fingerprint density at radius 2 is 1.47 bits per heavy atom. The topological polar surface area (TPSA) is 64.6 Å². The van der Waals surface area contributed by atoms with Gasteiger partial charge < -0.3 is 14.8 Å². The molecule has 5 nitrogen and oxygen atoms in total. The Bertz CT molecular complexity index is 1070. The van der Waals surface area contributed by atoms with Crippen LogP contribution in [0.15, 0.2) is 60.7 Å². The Kier molecular flexibility index (Phi) is 6.52. The van der Waals surface area contributed by atoms with Gasteiger partial charge in [0.15, 0.2) is 6.61 Å². The summed E-state index contributed by atoms with van der Waals surface area (Å²) in [4.78, 5) is 24.5. The Balaban J connectivity index is 1.56. The zero-order valence-corrected chi connectivity index (χ0v) is 17.6. The van der Waals surface area contributed by atoms with Crippen molar-refractivity contribution in [2.75, 3.05) is 11.9 Å². The van der Waals surface area contributed by atoms with Gasteiger partial charge >= 0.3 is 5.97 Å². The van der Waals surface area contributed by atoms with Crippen LogP contribution in [-0.2, 0) is 4.79 Å². The minimum absolute atomic E-state index is 0.195. The minimum Gasteiger partial charge on any atom is -0.482 e. The Labute approximate surface area is 176 Å². The summed E-state index contributed by atoms with van der Waals surface area (Å²) in [5.74, 6) is 0.277. The van der Waals surface area contributed by atoms with Gasteiger partial charge in [-0.2, -0.15) is 0 Å². The number of nitrogens with one attached hydrogen (secondary N) is 1. The van der Waals surface area contributed by atoms with Crippen LogP contribution < -0.4 is 14.8 Å². The van der Waals surface area contributed by atoms with Crippen molar-refractivity contribution in [1.29, 1.82) is 0 Å². The van der Waals surface area contributed by atoms with Crippen LogP contribution in [0.1, 0.15) is 32.6 Å². The molecular weight excluding hydrogens is 378 g/mol. The van der Waals surface area contributed by atoms with E-state index in [0.717, 1.165) is 27.9 Å². The Morgan fingerprint density at radius 1 is 0.800 bits per heavy atom. The molecule has 3 rings (SSSR count). The number of hydrogen-bond donors (Lipinski definition) is 1. The lowest BCUT2D eigenvalue weighted by atomic mass is 10.1. The van der Waals surface area contributed by atoms with E-state index in [1.54, 1.807) is 24.3 Å². The number of amides is 1. The maximum absolute atomic E-state index is 12.5. The fraction of sp³-hybridized carbons (Fsp3) is 0.200. The summed E-state index contributed by atoms with van der Waals surface area (Å²) in [6.45, 7) is 7.64. The monoisotopic (exact) mass is 403 g/mol. The normalized spacial score (nSPS) is 10.4. The average molecular weight is 403 g/mol. The van der Waals surface area contributed by atoms with Crippen LogP contribution in [0.2, 0.25) is 0 Å². The van der Waals surface area contributed by atoms with E-state index in [-0.39, 0.29) is 12.5 Å². The Hall–Kier alpha value is -3.60. The highest BCUT2D eigenvalue weighted by Crippen LogP contribution is 2.20. The molecule has 0 saturated heterocycles. The van der Waals surface area contributed by atoms with Gasteiger partial charge in [-0.05, 0) is 80.8 Å². The molecule has 3 aromatic rings. The SMILES string of the molecule is Cc1ccc(NC(=O)c2ccc(OC(=O)COc3cc(C)ccc3C)cc2)c(C)c1. The zero-order chi connectivity index (χ0) is 21.7. The van der Waals surface area contributed by atoms with E-state index in [1.165, 1.54) is 0 Å². The molecule has 3 aromatic carbocycles. The Morgan fingerprint density at radius 3 is 2.17 bits per heavy atom. The van der Waals surface area contributed by atoms with E-state index in [2.05, 4.69) is 5.32 Å². The highest BCUT2D eigenvalue weighted by atomic mass is 16.6. The van der Waals surface area contributed by atoms with Crippen molar-refractivity contribution in [3.63, 3.8) is 0 Å². The van der Waals surface area contributed by atoms with Crippen LogP contribution in [0.3, 0.4) is 0 Å². The zero-order valence-electron chi connectivity index (χ0n) is 17.6. The van der Waals surface area contributed by atoms with Gasteiger partial charge in [0.05, 0.1) is 0 Å². The lowest BCUT2D eigenvalue weighted by Gasteiger charge is -2.11. The summed E-state index contributed by atoms with van der Waals surface area (Å²) in [7, 11) is 0. The van der Waals surface area contributed by atoms with Crippen molar-refractivity contribution in [3.05, 3.63) is 88.5 Å². The molecule has 0 bridgehead atoms. The molecule has 0 aliphatic heterocycles. The second-order valence-electron chi connectivity index (χ2n) is 7.33. The van der Waals surface area contributed by atoms with Gasteiger partial charge in [0.25, 0.3) is 5.91 Å². The molecule has 1 amide bonds. The summed E-state index contributed by atoms with van der Waals surface area (Å²) in [6, 6.07) is 18.1. The second-order valence-corrected chi connectivity index (χ2v) is 7.33. The van der Waals surface area contributed by atoms with Gasteiger partial charge in [0, 0.05) is 11.3 Å². The van der Waals surface area contributed by atoms with E-state index in [1.807, 2.05) is 64.1 Å². The highest BCUT2D eigenvalue weighted by Gasteiger charge is 2.11. The number of rotatable bonds is 6. The van der Waals surface area contributed by atoms with Crippen LogP contribution in [0.25, 0.3) is 0 Å². The molecule has 30 heavy (non-hydrogen) atoms. The molecule has 0 radical (unpaired) electrons. The smallest absolute Gasteiger partial charge is 0.349 e. The molecule has 0 aliphatic carbocycles. The molecule has 0 aromatic heterocycles. The number of anilines is 1. The predicted octanol–water partition coefficient (Wildman–Crippen LogP) is 5.16. The molecule has 0 atom stereocenters. The van der Waals surface area contributed by atoms with Gasteiger partial charge in [0.2, 0.25) is 0 Å². The molecular formula is C25H25NO4. The molecule has 0 heterocycles. The lowest BCUT2D eigenvalue weighted by Crippen LogP contribution is -2.18. The minimum atomic E-state index is -0.511. The first-order chi connectivity index (χ1) is 14.3. The predicted molar refractivity (Wildman–Crippen MR) is 117 cm³/mol. The molecule has 0 spiro atoms. The highest BCUT2D eigenvalue weighted by molar-refractivity contribution is 6.04. The molecule has 0 saturated carbocycles. The maximum atomic E-state index is 12.5. The van der Waals surface area contributed by atoms with E-state index in [0.29, 0.717) is 17.1 Å². The first-order valence-electron chi connectivity index (χ1n) is 9.71. The summed E-state index contributed by atoms with van der Waals surface area (Å²) < 4.78 is 10.9. The third-order valence-electron chi connectivity index (χ3n) is 4.67. The third kappa shape index (κ3) is 5.47. The van der Waals surface area contributed by atoms with Crippen molar-refractivity contribution < 1.29 is 19.1 Å². The van der Waals surface area contributed by atoms with Crippen molar-refractivity contribution in [2.24, 2.45) is 0 Å². The first-order valence-corrected chi connectivity index (χ1v) is 9.71. The number of aryl methyl sites for hydroxylation is 4. The lowest BCUT2D eigenvalue weighted by molar-refractivity contribution is -0.136. The number of ether oxygens (including phenoxy) is 2. The molecule has 0 unspecified atom stereocenters. The number of benzene rings is 3. The van der Waals surface area contributed by atoms with Crippen LogP contribution in [0.5, 0.6) is 11.5 Å². The summed E-state index contributed by atoms with van der Waals surface area (Å²) in [5.41, 5.74) is 5.38. The molecule has 5 heteroatoms. The molecule has 154 valence electrons.